The molecule has 0 spiro atoms. The number of primary amides is 2. The van der Waals surface area contributed by atoms with Crippen molar-refractivity contribution in [1.29, 1.82) is 16.2 Å². The Bertz CT molecular complexity index is 5260. The largest absolute Gasteiger partial charge is 0.497 e. The highest BCUT2D eigenvalue weighted by Gasteiger charge is 2.40. The number of rotatable bonds is 65. The number of guanidine groups is 3. The first-order valence-electron chi connectivity index (χ1n) is 44.7. The van der Waals surface area contributed by atoms with Gasteiger partial charge in [0.05, 0.1) is 48.9 Å². The van der Waals surface area contributed by atoms with Crippen molar-refractivity contribution in [2.24, 2.45) is 40.5 Å². The second kappa shape index (κ2) is 59.6. The van der Waals surface area contributed by atoms with Crippen LogP contribution in [0.3, 0.4) is 0 Å². The van der Waals surface area contributed by atoms with Gasteiger partial charge in [-0.05, 0) is 125 Å². The van der Waals surface area contributed by atoms with Crippen molar-refractivity contribution in [1.82, 2.24) is 85.1 Å². The first-order valence-corrected chi connectivity index (χ1v) is 44.7. The standard InChI is InChI=1S/C86H125N27O29/c1-42(2)33-57(107-81(134)59(39-64(87)115)110-83(136)70(43(3)4)111-77(130)56(26-28-67(119)120)106-82(135)61(41-114)100-65(116)35-46-36-69(123)142-63-38-48(141-6)22-23-49(46)63)79(132)109-60(40-68(121)122)78(131)99-44(5)72(125)102-55(25-27-66(117)118)76(129)108-58(34-45-15-8-7-9-16-45)80(133)105-54(20-14-32-98-86(93)94)75(128)103-52(17-10-11-29-95-50-24-21-47(112(137)138)37-62(50)113(139)140)74(127)104-53(19-13-31-97-85(91)92)73(126)101-51(71(88)124)18-12-30-96-84(89)90/h7-9,15-16,21-24,36-38,42-44,51-61,70,95,114H,10-14,17-20,25-35,39-41H2,1-6H3,(H2,87,115)(H2,88,124)(H,99,131)(H,100,116)(H,101,126)(H,102,125)(H,103,128)(H,104,127)(H,105,133)(H,106,135)(H,107,134)(H,108,129)(H,109,132)(H,110,136)(H,111,130)(H,117,118)(H,119,120)(H,121,122)(H4,89,90,96)(H4,91,92,97)(H4,93,94,98)/t44-,51-,52-,53-,54-,55-,56-,57-,58-,59-,60-,61-,70-/m0/s1. The highest BCUT2D eigenvalue weighted by Crippen LogP contribution is 2.30. The van der Waals surface area contributed by atoms with E-state index in [1.807, 2.05) is 0 Å². The number of carbonyl (C=O) groups excluding carboxylic acids is 15. The molecule has 56 nitrogen and oxygen atoms in total. The van der Waals surface area contributed by atoms with Gasteiger partial charge in [0.15, 0.2) is 17.9 Å². The fourth-order valence-corrected chi connectivity index (χ4v) is 13.9. The molecule has 34 N–H and O–H groups in total. The number of hydrogen-bond acceptors (Lipinski definition) is 30. The van der Waals surface area contributed by atoms with E-state index in [1.54, 1.807) is 32.0 Å². The number of nitrogens with zero attached hydrogens (tertiary/aromatic N) is 2. The molecule has 15 amide bonds. The van der Waals surface area contributed by atoms with Gasteiger partial charge in [0.25, 0.3) is 11.4 Å². The van der Waals surface area contributed by atoms with Crippen LogP contribution in [0.15, 0.2) is 82.0 Å². The summed E-state index contributed by atoms with van der Waals surface area (Å²) in [6, 6.07) is -7.22. The number of ether oxygens (including phenoxy) is 1. The molecule has 0 saturated carbocycles. The second-order valence-electron chi connectivity index (χ2n) is 33.4. The van der Waals surface area contributed by atoms with E-state index in [4.69, 9.17) is 54.1 Å². The summed E-state index contributed by atoms with van der Waals surface area (Å²) in [6.07, 6.45) is -7.63. The number of carbonyl (C=O) groups is 18. The first-order chi connectivity index (χ1) is 66.9. The molecular weight excluding hydrogens is 1880 g/mol. The van der Waals surface area contributed by atoms with Gasteiger partial charge in [-0.3, -0.25) is 123 Å². The summed E-state index contributed by atoms with van der Waals surface area (Å²) in [6.45, 7) is 5.62. The molecule has 4 rings (SSSR count). The molecule has 1 aromatic heterocycles. The topological polar surface area (TPSA) is 920 Å². The number of aliphatic hydroxyl groups is 1. The molecule has 0 aliphatic heterocycles. The zero-order valence-electron chi connectivity index (χ0n) is 78.6. The number of hydrogen-bond donors (Lipinski definition) is 29. The van der Waals surface area contributed by atoms with E-state index >= 15 is 9.59 Å². The zero-order valence-corrected chi connectivity index (χ0v) is 78.6. The number of methoxy groups -OCH3 is 1. The molecule has 0 bridgehead atoms. The van der Waals surface area contributed by atoms with Crippen LogP contribution in [0.25, 0.3) is 11.0 Å². The smallest absolute Gasteiger partial charge is 0.336 e. The van der Waals surface area contributed by atoms with Gasteiger partial charge >= 0.3 is 23.5 Å². The van der Waals surface area contributed by atoms with E-state index in [1.165, 1.54) is 51.3 Å². The Labute approximate surface area is 811 Å². The summed E-state index contributed by atoms with van der Waals surface area (Å²) in [5.41, 5.74) is 25.9. The van der Waals surface area contributed by atoms with Crippen molar-refractivity contribution >= 4 is 152 Å². The lowest BCUT2D eigenvalue weighted by Crippen LogP contribution is -2.61. The van der Waals surface area contributed by atoms with Crippen molar-refractivity contribution in [3.8, 4) is 5.75 Å². The monoisotopic (exact) mass is 2000 g/mol. The number of non-ortho nitro benzene ring substituents is 1. The predicted molar refractivity (Wildman–Crippen MR) is 504 cm³/mol. The Morgan fingerprint density at radius 2 is 0.880 bits per heavy atom. The molecule has 3 aromatic carbocycles. The SMILES string of the molecule is COc1ccc2c(CC(=O)N[C@@H](CO)C(=O)N[C@@H](CCC(=O)O)C(=O)N[C@H](C(=O)N[C@@H](CC(N)=O)C(=O)N[C@@H](CC(C)C)C(=O)N[C@@H](CC(=O)O)C(=O)N[C@@H](C)C(=O)N[C@@H](CCC(=O)O)C(=O)N[C@@H](Cc3ccccc3)C(=O)N[C@@H](CCCNC(=N)N)C(=O)N[C@@H](CCCCNc3ccc([N+](=O)[O-])cc3[N+](=O)[O-])C(=O)N[C@@H](CCCNC(=N)N)C(=O)N[C@@H](CCCNC(=N)N)C(N)=O)C(C)C)cc(=O)oc2c1. The summed E-state index contributed by atoms with van der Waals surface area (Å²) >= 11 is 0. The molecule has 778 valence electrons. The molecular formula is C86H125N27O29. The van der Waals surface area contributed by atoms with Crippen LogP contribution in [-0.2, 0) is 99.1 Å². The van der Waals surface area contributed by atoms with E-state index in [0.29, 0.717) is 16.7 Å². The molecule has 0 unspecified atom stereocenters. The summed E-state index contributed by atoms with van der Waals surface area (Å²) in [5, 5.41) is 128. The zero-order chi connectivity index (χ0) is 106. The average Bonchev–Trinajstić information content (AvgIpc) is 0.799. The molecule has 0 radical (unpaired) electrons. The minimum atomic E-state index is -2.14. The Morgan fingerprint density at radius 3 is 1.35 bits per heavy atom. The Hall–Kier alpha value is -16.5. The number of aliphatic hydroxyl groups excluding tert-OH is 1. The van der Waals surface area contributed by atoms with Gasteiger partial charge in [-0.2, -0.15) is 0 Å². The molecule has 56 heteroatoms. The van der Waals surface area contributed by atoms with Gasteiger partial charge in [-0.25, -0.2) is 4.79 Å². The number of unbranched alkanes of at least 4 members (excludes halogenated alkanes) is 1. The highest BCUT2D eigenvalue weighted by atomic mass is 16.6. The number of nitro benzene ring substituents is 2. The third kappa shape index (κ3) is 42.6. The van der Waals surface area contributed by atoms with Gasteiger partial charge in [-0.15, -0.1) is 0 Å². The van der Waals surface area contributed by atoms with Crippen LogP contribution < -0.4 is 129 Å². The average molecular weight is 2000 g/mol. The van der Waals surface area contributed by atoms with Crippen molar-refractivity contribution in [3.63, 3.8) is 0 Å². The predicted octanol–water partition coefficient (Wildman–Crippen LogP) is -5.94. The minimum absolute atomic E-state index is 0.0138. The fraction of sp³-hybridized carbons (Fsp3) is 0.512. The van der Waals surface area contributed by atoms with Crippen LogP contribution in [-0.4, -0.2) is 273 Å². The maximum atomic E-state index is 15.1. The lowest BCUT2D eigenvalue weighted by Gasteiger charge is -2.29. The van der Waals surface area contributed by atoms with E-state index < -0.39 is 300 Å². The van der Waals surface area contributed by atoms with Crippen LogP contribution in [0, 0.1) is 48.3 Å². The van der Waals surface area contributed by atoms with Gasteiger partial charge in [0, 0.05) is 69.0 Å². The maximum Gasteiger partial charge on any atom is 0.336 e. The summed E-state index contributed by atoms with van der Waals surface area (Å²) in [4.78, 5) is 283. The van der Waals surface area contributed by atoms with Crippen LogP contribution >= 0.6 is 0 Å². The Kier molecular flexibility index (Phi) is 49.4. The number of nitro groups is 2. The van der Waals surface area contributed by atoms with Gasteiger partial charge in [0.2, 0.25) is 88.6 Å². The minimum Gasteiger partial charge on any atom is -0.497 e. The second-order valence-corrected chi connectivity index (χ2v) is 33.4. The highest BCUT2D eigenvalue weighted by molar-refractivity contribution is 6.02. The third-order valence-electron chi connectivity index (χ3n) is 21.2. The van der Waals surface area contributed by atoms with Crippen LogP contribution in [0.1, 0.15) is 148 Å². The summed E-state index contributed by atoms with van der Waals surface area (Å²) in [5.74, 6) is -25.0. The third-order valence-corrected chi connectivity index (χ3v) is 21.2. The summed E-state index contributed by atoms with van der Waals surface area (Å²) in [7, 11) is 1.36. The van der Waals surface area contributed by atoms with E-state index in [0.717, 1.165) is 31.2 Å². The molecule has 13 atom stereocenters. The number of amides is 15. The lowest BCUT2D eigenvalue weighted by molar-refractivity contribution is -0.393. The van der Waals surface area contributed by atoms with Crippen molar-refractivity contribution < 1.29 is 126 Å². The fourth-order valence-electron chi connectivity index (χ4n) is 13.9. The molecule has 0 aliphatic rings. The normalized spacial score (nSPS) is 13.7. The van der Waals surface area contributed by atoms with Gasteiger partial charge in [0.1, 0.15) is 95.6 Å². The number of benzene rings is 3. The maximum absolute atomic E-state index is 15.1. The Balaban J connectivity index is 1.64. The number of carboxylic acids is 3. The number of carboxylic acid groups (broad SMARTS) is 3. The van der Waals surface area contributed by atoms with Gasteiger partial charge < -0.3 is 149 Å². The first kappa shape index (κ1) is 118. The summed E-state index contributed by atoms with van der Waals surface area (Å²) < 4.78 is 10.4. The number of aliphatic carboxylic acids is 3. The quantitative estimate of drug-likeness (QED) is 0.00489. The van der Waals surface area contributed by atoms with E-state index in [2.05, 4.69) is 90.4 Å². The number of nitrogens with one attached hydrogen (secondary N) is 20. The molecule has 1 heterocycles. The van der Waals surface area contributed by atoms with Gasteiger partial charge in [-0.1, -0.05) is 58.0 Å². The Morgan fingerprint density at radius 1 is 0.444 bits per heavy atom. The molecule has 4 aromatic rings. The number of anilines is 1. The van der Waals surface area contributed by atoms with Crippen LogP contribution in [0.4, 0.5) is 17.1 Å². The van der Waals surface area contributed by atoms with E-state index in [-0.39, 0.29) is 107 Å². The number of fused-ring (bicyclic) bond motifs is 1. The molecule has 0 aliphatic carbocycles. The van der Waals surface area contributed by atoms with Crippen molar-refractivity contribution in [3.05, 3.63) is 115 Å². The van der Waals surface area contributed by atoms with Crippen LogP contribution in [0.2, 0.25) is 0 Å². The van der Waals surface area contributed by atoms with Crippen molar-refractivity contribution in [2.75, 3.05) is 45.2 Å². The number of nitrogens with two attached hydrogens (primary N) is 5. The molecule has 0 saturated heterocycles. The molecule has 0 fully saturated rings. The van der Waals surface area contributed by atoms with Crippen molar-refractivity contribution in [2.45, 2.75) is 229 Å². The molecule has 142 heavy (non-hydrogen) atoms. The lowest BCUT2D eigenvalue weighted by atomic mass is 10.00. The van der Waals surface area contributed by atoms with Crippen LogP contribution in [0.5, 0.6) is 5.75 Å². The van der Waals surface area contributed by atoms with E-state index in [9.17, 15) is 122 Å².